The maximum Gasteiger partial charge on any atom is 0.322 e. The summed E-state index contributed by atoms with van der Waals surface area (Å²) in [4.78, 5) is 8.62. The van der Waals surface area contributed by atoms with E-state index in [0.717, 1.165) is 29.9 Å². The number of nitrogens with zero attached hydrogens (tertiary/aromatic N) is 2. The van der Waals surface area contributed by atoms with Crippen molar-refractivity contribution in [1.29, 1.82) is 0 Å². The standard InChI is InChI=1S/C15H18ClN3O/c1-4-17-8-12-9-18-15(19-11(12)3)20-14-7-13(16)6-5-10(14)2/h5-7,9,17H,4,8H2,1-3H3. The third-order valence-corrected chi connectivity index (χ3v) is 3.21. The second-order valence-corrected chi connectivity index (χ2v) is 4.99. The number of halogens is 1. The molecule has 0 aliphatic rings. The second kappa shape index (κ2) is 6.68. The van der Waals surface area contributed by atoms with Gasteiger partial charge >= 0.3 is 6.01 Å². The van der Waals surface area contributed by atoms with Crippen molar-refractivity contribution >= 4 is 11.6 Å². The molecule has 2 rings (SSSR count). The fraction of sp³-hybridized carbons (Fsp3) is 0.333. The quantitative estimate of drug-likeness (QED) is 0.913. The van der Waals surface area contributed by atoms with Gasteiger partial charge in [0.05, 0.1) is 0 Å². The Morgan fingerprint density at radius 1 is 1.30 bits per heavy atom. The van der Waals surface area contributed by atoms with Crippen molar-refractivity contribution in [2.45, 2.75) is 27.3 Å². The Morgan fingerprint density at radius 2 is 2.10 bits per heavy atom. The molecule has 106 valence electrons. The molecular formula is C15H18ClN3O. The Hall–Kier alpha value is -1.65. The van der Waals surface area contributed by atoms with Crippen LogP contribution in [0, 0.1) is 13.8 Å². The van der Waals surface area contributed by atoms with E-state index >= 15 is 0 Å². The molecule has 20 heavy (non-hydrogen) atoms. The SMILES string of the molecule is CCNCc1cnc(Oc2cc(Cl)ccc2C)nc1C. The first-order valence-corrected chi connectivity index (χ1v) is 6.95. The summed E-state index contributed by atoms with van der Waals surface area (Å²) in [5, 5.41) is 3.88. The van der Waals surface area contributed by atoms with Crippen LogP contribution in [0.1, 0.15) is 23.7 Å². The van der Waals surface area contributed by atoms with Crippen LogP contribution in [0.25, 0.3) is 0 Å². The highest BCUT2D eigenvalue weighted by molar-refractivity contribution is 6.30. The number of hydrogen-bond acceptors (Lipinski definition) is 4. The average molecular weight is 292 g/mol. The molecule has 0 aliphatic carbocycles. The monoisotopic (exact) mass is 291 g/mol. The fourth-order valence-corrected chi connectivity index (χ4v) is 1.90. The maximum atomic E-state index is 5.97. The number of ether oxygens (including phenoxy) is 1. The van der Waals surface area contributed by atoms with E-state index in [0.29, 0.717) is 16.8 Å². The lowest BCUT2D eigenvalue weighted by Crippen LogP contribution is -2.13. The molecule has 2 aromatic rings. The largest absolute Gasteiger partial charge is 0.424 e. The van der Waals surface area contributed by atoms with E-state index in [2.05, 4.69) is 22.2 Å². The molecule has 5 heteroatoms. The number of benzene rings is 1. The second-order valence-electron chi connectivity index (χ2n) is 4.56. The Balaban J connectivity index is 2.17. The number of aryl methyl sites for hydroxylation is 2. The summed E-state index contributed by atoms with van der Waals surface area (Å²) in [7, 11) is 0. The van der Waals surface area contributed by atoms with Crippen LogP contribution in [-0.4, -0.2) is 16.5 Å². The maximum absolute atomic E-state index is 5.97. The van der Waals surface area contributed by atoms with E-state index in [1.54, 1.807) is 12.3 Å². The van der Waals surface area contributed by atoms with Gasteiger partial charge in [0.1, 0.15) is 5.75 Å². The van der Waals surface area contributed by atoms with E-state index in [-0.39, 0.29) is 0 Å². The van der Waals surface area contributed by atoms with Crippen molar-refractivity contribution in [2.24, 2.45) is 0 Å². The molecule has 0 aliphatic heterocycles. The van der Waals surface area contributed by atoms with E-state index in [4.69, 9.17) is 16.3 Å². The predicted octanol–water partition coefficient (Wildman–Crippen LogP) is 3.65. The summed E-state index contributed by atoms with van der Waals surface area (Å²) in [5.74, 6) is 0.677. The van der Waals surface area contributed by atoms with E-state index < -0.39 is 0 Å². The third-order valence-electron chi connectivity index (χ3n) is 2.98. The number of nitrogens with one attached hydrogen (secondary N) is 1. The molecule has 1 heterocycles. The molecule has 0 saturated heterocycles. The molecule has 0 unspecified atom stereocenters. The first-order chi connectivity index (χ1) is 9.60. The van der Waals surface area contributed by atoms with Gasteiger partial charge in [-0.15, -0.1) is 0 Å². The van der Waals surface area contributed by atoms with Crippen LogP contribution in [0.4, 0.5) is 0 Å². The summed E-state index contributed by atoms with van der Waals surface area (Å²) in [6.07, 6.45) is 1.79. The zero-order chi connectivity index (χ0) is 14.5. The van der Waals surface area contributed by atoms with Gasteiger partial charge in [-0.3, -0.25) is 0 Å². The lowest BCUT2D eigenvalue weighted by molar-refractivity contribution is 0.436. The highest BCUT2D eigenvalue weighted by Crippen LogP contribution is 2.26. The van der Waals surface area contributed by atoms with Crippen molar-refractivity contribution in [2.75, 3.05) is 6.54 Å². The molecule has 0 atom stereocenters. The van der Waals surface area contributed by atoms with Gasteiger partial charge in [-0.1, -0.05) is 24.6 Å². The first-order valence-electron chi connectivity index (χ1n) is 6.57. The van der Waals surface area contributed by atoms with Gasteiger partial charge in [0.25, 0.3) is 0 Å². The first kappa shape index (κ1) is 14.8. The van der Waals surface area contributed by atoms with Crippen molar-refractivity contribution in [3.63, 3.8) is 0 Å². The summed E-state index contributed by atoms with van der Waals surface area (Å²) >= 11 is 5.97. The van der Waals surface area contributed by atoms with Gasteiger partial charge in [0, 0.05) is 29.0 Å². The molecule has 1 aromatic heterocycles. The molecule has 0 saturated carbocycles. The Bertz CT molecular complexity index is 602. The normalized spacial score (nSPS) is 10.6. The molecule has 4 nitrogen and oxygen atoms in total. The molecule has 1 N–H and O–H groups in total. The van der Waals surface area contributed by atoms with Crippen LogP contribution in [-0.2, 0) is 6.54 Å². The summed E-state index contributed by atoms with van der Waals surface area (Å²) < 4.78 is 5.70. The van der Waals surface area contributed by atoms with Crippen LogP contribution in [0.3, 0.4) is 0 Å². The van der Waals surface area contributed by atoms with Crippen molar-refractivity contribution in [3.8, 4) is 11.8 Å². The molecule has 0 amide bonds. The molecule has 0 spiro atoms. The summed E-state index contributed by atoms with van der Waals surface area (Å²) in [6.45, 7) is 7.65. The third kappa shape index (κ3) is 3.68. The number of hydrogen-bond donors (Lipinski definition) is 1. The van der Waals surface area contributed by atoms with E-state index in [1.165, 1.54) is 0 Å². The fourth-order valence-electron chi connectivity index (χ4n) is 1.74. The van der Waals surface area contributed by atoms with Crippen molar-refractivity contribution < 1.29 is 4.74 Å². The minimum absolute atomic E-state index is 0.341. The lowest BCUT2D eigenvalue weighted by atomic mass is 10.2. The van der Waals surface area contributed by atoms with Crippen LogP contribution in [0.2, 0.25) is 5.02 Å². The topological polar surface area (TPSA) is 47.0 Å². The van der Waals surface area contributed by atoms with Crippen molar-refractivity contribution in [3.05, 3.63) is 46.2 Å². The average Bonchev–Trinajstić information content (AvgIpc) is 2.42. The zero-order valence-electron chi connectivity index (χ0n) is 11.9. The Kier molecular flexibility index (Phi) is 4.93. The van der Waals surface area contributed by atoms with Crippen molar-refractivity contribution in [1.82, 2.24) is 15.3 Å². The zero-order valence-corrected chi connectivity index (χ0v) is 12.7. The van der Waals surface area contributed by atoms with Crippen LogP contribution >= 0.6 is 11.6 Å². The smallest absolute Gasteiger partial charge is 0.322 e. The number of rotatable bonds is 5. The molecule has 0 radical (unpaired) electrons. The molecule has 1 aromatic carbocycles. The minimum atomic E-state index is 0.341. The van der Waals surface area contributed by atoms with Gasteiger partial charge < -0.3 is 10.1 Å². The highest BCUT2D eigenvalue weighted by atomic mass is 35.5. The highest BCUT2D eigenvalue weighted by Gasteiger charge is 2.07. The van der Waals surface area contributed by atoms with Gasteiger partial charge in [-0.25, -0.2) is 4.98 Å². The van der Waals surface area contributed by atoms with Gasteiger partial charge in [-0.05, 0) is 38.1 Å². The van der Waals surface area contributed by atoms with Gasteiger partial charge in [0.2, 0.25) is 0 Å². The van der Waals surface area contributed by atoms with Gasteiger partial charge in [-0.2, -0.15) is 4.98 Å². The molecule has 0 fully saturated rings. The minimum Gasteiger partial charge on any atom is -0.424 e. The predicted molar refractivity (Wildman–Crippen MR) is 80.4 cm³/mol. The van der Waals surface area contributed by atoms with Crippen LogP contribution in [0.5, 0.6) is 11.8 Å². The Labute approximate surface area is 124 Å². The molecule has 0 bridgehead atoms. The van der Waals surface area contributed by atoms with Gasteiger partial charge in [0.15, 0.2) is 0 Å². The van der Waals surface area contributed by atoms with E-state index in [9.17, 15) is 0 Å². The molecular weight excluding hydrogens is 274 g/mol. The lowest BCUT2D eigenvalue weighted by Gasteiger charge is -2.10. The summed E-state index contributed by atoms with van der Waals surface area (Å²) in [6, 6.07) is 5.84. The van der Waals surface area contributed by atoms with Crippen LogP contribution < -0.4 is 10.1 Å². The number of aromatic nitrogens is 2. The Morgan fingerprint density at radius 3 is 2.80 bits per heavy atom. The van der Waals surface area contributed by atoms with Crippen LogP contribution in [0.15, 0.2) is 24.4 Å². The summed E-state index contributed by atoms with van der Waals surface area (Å²) in [5.41, 5.74) is 2.98. The van der Waals surface area contributed by atoms with E-state index in [1.807, 2.05) is 26.0 Å².